The van der Waals surface area contributed by atoms with E-state index in [1.807, 2.05) is 24.8 Å². The summed E-state index contributed by atoms with van der Waals surface area (Å²) in [5.41, 5.74) is 0.0639. The molecule has 1 N–H and O–H groups in total. The minimum Gasteiger partial charge on any atom is -0.370 e. The third kappa shape index (κ3) is 4.52. The summed E-state index contributed by atoms with van der Waals surface area (Å²) in [6.07, 6.45) is -4.47. The number of alkyl halides is 3. The first-order valence-electron chi connectivity index (χ1n) is 9.09. The van der Waals surface area contributed by atoms with Crippen LogP contribution in [0.25, 0.3) is 0 Å². The Morgan fingerprint density at radius 1 is 1.14 bits per heavy atom. The van der Waals surface area contributed by atoms with Gasteiger partial charge in [0.15, 0.2) is 0 Å². The molecule has 1 aromatic carbocycles. The van der Waals surface area contributed by atoms with Crippen molar-refractivity contribution in [2.45, 2.75) is 20.0 Å². The topological polar surface area (TPSA) is 61.4 Å². The van der Waals surface area contributed by atoms with Crippen LogP contribution in [0, 0.1) is 6.92 Å². The monoisotopic (exact) mass is 393 g/mol. The van der Waals surface area contributed by atoms with E-state index in [0.717, 1.165) is 30.2 Å². The molecule has 150 valence electrons. The predicted molar refractivity (Wildman–Crippen MR) is 100 cm³/mol. The molecule has 6 nitrogen and oxygen atoms in total. The van der Waals surface area contributed by atoms with Gasteiger partial charge in [-0.2, -0.15) is 18.2 Å². The zero-order valence-electron chi connectivity index (χ0n) is 15.8. The molecule has 3 rings (SSSR count). The molecule has 1 aromatic heterocycles. The maximum absolute atomic E-state index is 12.9. The lowest BCUT2D eigenvalue weighted by atomic mass is 10.1. The predicted octanol–water partition coefficient (Wildman–Crippen LogP) is 3.20. The van der Waals surface area contributed by atoms with E-state index in [0.29, 0.717) is 32.1 Å². The number of carbonyl (C=O) groups is 1. The molecule has 1 aliphatic rings. The van der Waals surface area contributed by atoms with Gasteiger partial charge in [-0.1, -0.05) is 6.07 Å². The summed E-state index contributed by atoms with van der Waals surface area (Å²) >= 11 is 0. The summed E-state index contributed by atoms with van der Waals surface area (Å²) in [6, 6.07) is 6.40. The van der Waals surface area contributed by atoms with E-state index in [-0.39, 0.29) is 5.56 Å². The highest BCUT2D eigenvalue weighted by atomic mass is 19.4. The summed E-state index contributed by atoms with van der Waals surface area (Å²) in [4.78, 5) is 25.1. The Labute approximate surface area is 161 Å². The van der Waals surface area contributed by atoms with Crippen molar-refractivity contribution in [1.82, 2.24) is 14.9 Å². The summed E-state index contributed by atoms with van der Waals surface area (Å²) in [5, 5.41) is 3.16. The fourth-order valence-corrected chi connectivity index (χ4v) is 3.09. The number of aromatic nitrogens is 2. The van der Waals surface area contributed by atoms with Crippen molar-refractivity contribution in [1.29, 1.82) is 0 Å². The van der Waals surface area contributed by atoms with Gasteiger partial charge < -0.3 is 15.1 Å². The Bertz CT molecular complexity index is 848. The van der Waals surface area contributed by atoms with Crippen LogP contribution < -0.4 is 10.2 Å². The zero-order valence-corrected chi connectivity index (χ0v) is 15.8. The Balaban J connectivity index is 1.68. The van der Waals surface area contributed by atoms with E-state index in [9.17, 15) is 18.0 Å². The average molecular weight is 393 g/mol. The van der Waals surface area contributed by atoms with Gasteiger partial charge in [0.1, 0.15) is 5.82 Å². The first kappa shape index (κ1) is 19.9. The first-order valence-corrected chi connectivity index (χ1v) is 9.09. The molecule has 1 fully saturated rings. The number of amides is 1. The normalized spacial score (nSPS) is 14.9. The SMILES string of the molecule is CCNc1cc(C)nc(N2CCN(C(=O)c3cccc(C(F)(F)F)c3)CC2)n1. The maximum Gasteiger partial charge on any atom is 0.416 e. The van der Waals surface area contributed by atoms with Crippen molar-refractivity contribution in [3.8, 4) is 0 Å². The Hall–Kier alpha value is -2.84. The molecule has 0 spiro atoms. The van der Waals surface area contributed by atoms with Crippen LogP contribution in [-0.2, 0) is 6.18 Å². The van der Waals surface area contributed by atoms with Gasteiger partial charge >= 0.3 is 6.18 Å². The van der Waals surface area contributed by atoms with Gasteiger partial charge in [-0.3, -0.25) is 4.79 Å². The van der Waals surface area contributed by atoms with Crippen molar-refractivity contribution >= 4 is 17.7 Å². The van der Waals surface area contributed by atoms with Crippen molar-refractivity contribution in [2.75, 3.05) is 42.9 Å². The molecule has 1 amide bonds. The quantitative estimate of drug-likeness (QED) is 0.865. The third-order valence-electron chi connectivity index (χ3n) is 4.49. The third-order valence-corrected chi connectivity index (χ3v) is 4.49. The minimum atomic E-state index is -4.47. The van der Waals surface area contributed by atoms with Crippen molar-refractivity contribution in [2.24, 2.45) is 0 Å². The maximum atomic E-state index is 12.9. The number of nitrogens with one attached hydrogen (secondary N) is 1. The van der Waals surface area contributed by atoms with Gasteiger partial charge in [-0.25, -0.2) is 4.98 Å². The summed E-state index contributed by atoms with van der Waals surface area (Å²) in [6.45, 7) is 6.43. The zero-order chi connectivity index (χ0) is 20.3. The standard InChI is InChI=1S/C19H22F3N5O/c1-3-23-16-11-13(2)24-18(25-16)27-9-7-26(8-10-27)17(28)14-5-4-6-15(12-14)19(20,21)22/h4-6,11-12H,3,7-10H2,1-2H3,(H,23,24,25). The molecular formula is C19H22F3N5O. The molecule has 0 radical (unpaired) electrons. The molecule has 0 aliphatic carbocycles. The number of benzene rings is 1. The van der Waals surface area contributed by atoms with Crippen LogP contribution in [0.4, 0.5) is 24.9 Å². The fourth-order valence-electron chi connectivity index (χ4n) is 3.09. The molecule has 0 unspecified atom stereocenters. The Morgan fingerprint density at radius 3 is 2.50 bits per heavy atom. The summed E-state index contributed by atoms with van der Waals surface area (Å²) < 4.78 is 38.6. The van der Waals surface area contributed by atoms with Crippen LogP contribution in [0.3, 0.4) is 0 Å². The van der Waals surface area contributed by atoms with E-state index < -0.39 is 17.6 Å². The molecule has 1 aliphatic heterocycles. The van der Waals surface area contributed by atoms with Crippen LogP contribution in [0.15, 0.2) is 30.3 Å². The van der Waals surface area contributed by atoms with E-state index >= 15 is 0 Å². The number of rotatable bonds is 4. The average Bonchev–Trinajstić information content (AvgIpc) is 2.67. The molecule has 0 bridgehead atoms. The van der Waals surface area contributed by atoms with Crippen LogP contribution in [0.1, 0.15) is 28.5 Å². The van der Waals surface area contributed by atoms with Crippen molar-refractivity contribution in [3.05, 3.63) is 47.2 Å². The summed E-state index contributed by atoms with van der Waals surface area (Å²) in [5.74, 6) is 0.929. The molecule has 0 atom stereocenters. The second-order valence-corrected chi connectivity index (χ2v) is 6.58. The van der Waals surface area contributed by atoms with Gasteiger partial charge in [0.05, 0.1) is 5.56 Å². The molecule has 28 heavy (non-hydrogen) atoms. The van der Waals surface area contributed by atoms with E-state index in [1.54, 1.807) is 4.90 Å². The highest BCUT2D eigenvalue weighted by Crippen LogP contribution is 2.30. The Morgan fingerprint density at radius 2 is 1.86 bits per heavy atom. The second kappa shape index (κ2) is 8.04. The number of aryl methyl sites for hydroxylation is 1. The van der Waals surface area contributed by atoms with Gasteiger partial charge in [-0.05, 0) is 32.0 Å². The second-order valence-electron chi connectivity index (χ2n) is 6.58. The number of nitrogens with zero attached hydrogens (tertiary/aromatic N) is 4. The lowest BCUT2D eigenvalue weighted by molar-refractivity contribution is -0.137. The molecule has 1 saturated heterocycles. The number of hydrogen-bond donors (Lipinski definition) is 1. The number of anilines is 2. The van der Waals surface area contributed by atoms with Crippen LogP contribution in [0.2, 0.25) is 0 Å². The van der Waals surface area contributed by atoms with Crippen molar-refractivity contribution in [3.63, 3.8) is 0 Å². The van der Waals surface area contributed by atoms with E-state index in [2.05, 4.69) is 15.3 Å². The number of piperazine rings is 1. The van der Waals surface area contributed by atoms with Gasteiger partial charge in [-0.15, -0.1) is 0 Å². The van der Waals surface area contributed by atoms with Crippen molar-refractivity contribution < 1.29 is 18.0 Å². The fraction of sp³-hybridized carbons (Fsp3) is 0.421. The highest BCUT2D eigenvalue weighted by Gasteiger charge is 2.32. The molecule has 0 saturated carbocycles. The van der Waals surface area contributed by atoms with E-state index in [1.165, 1.54) is 12.1 Å². The minimum absolute atomic E-state index is 0.0458. The smallest absolute Gasteiger partial charge is 0.370 e. The number of halogens is 3. The van der Waals surface area contributed by atoms with Crippen LogP contribution in [-0.4, -0.2) is 53.5 Å². The number of carbonyl (C=O) groups excluding carboxylic acids is 1. The van der Waals surface area contributed by atoms with Crippen LogP contribution in [0.5, 0.6) is 0 Å². The molecule has 2 heterocycles. The highest BCUT2D eigenvalue weighted by molar-refractivity contribution is 5.94. The van der Waals surface area contributed by atoms with Gasteiger partial charge in [0.25, 0.3) is 5.91 Å². The lowest BCUT2D eigenvalue weighted by Gasteiger charge is -2.35. The first-order chi connectivity index (χ1) is 13.3. The van der Waals surface area contributed by atoms with Gasteiger partial charge in [0.2, 0.25) is 5.95 Å². The summed E-state index contributed by atoms with van der Waals surface area (Å²) in [7, 11) is 0. The lowest BCUT2D eigenvalue weighted by Crippen LogP contribution is -2.49. The van der Waals surface area contributed by atoms with Crippen LogP contribution >= 0.6 is 0 Å². The van der Waals surface area contributed by atoms with E-state index in [4.69, 9.17) is 0 Å². The largest absolute Gasteiger partial charge is 0.416 e. The van der Waals surface area contributed by atoms with Gasteiger partial charge in [0, 0.05) is 50.0 Å². The molecule has 2 aromatic rings. The Kier molecular flexibility index (Phi) is 5.71. The molecule has 9 heteroatoms. The number of hydrogen-bond acceptors (Lipinski definition) is 5. The molecular weight excluding hydrogens is 371 g/mol.